The molecule has 1 aliphatic rings. The molecule has 108 valence electrons. The Kier molecular flexibility index (Phi) is 4.06. The lowest BCUT2D eigenvalue weighted by atomic mass is 10.2. The highest BCUT2D eigenvalue weighted by Crippen LogP contribution is 2.40. The van der Waals surface area contributed by atoms with E-state index in [1.54, 1.807) is 0 Å². The molecule has 0 unspecified atom stereocenters. The number of aryl methyl sites for hydroxylation is 1. The van der Waals surface area contributed by atoms with Gasteiger partial charge in [-0.2, -0.15) is 0 Å². The van der Waals surface area contributed by atoms with Crippen molar-refractivity contribution < 1.29 is 4.79 Å². The molecule has 3 N–H and O–H groups in total. The molecular weight excluding hydrogens is 302 g/mol. The molecule has 2 aromatic heterocycles. The van der Waals surface area contributed by atoms with Crippen molar-refractivity contribution in [3.05, 3.63) is 32.5 Å². The van der Waals surface area contributed by atoms with E-state index in [1.165, 1.54) is 35.5 Å². The molecular formula is C15H15N3OS2. The summed E-state index contributed by atoms with van der Waals surface area (Å²) in [6.07, 6.45) is 2.43. The van der Waals surface area contributed by atoms with Crippen LogP contribution in [-0.4, -0.2) is 17.4 Å². The third-order valence-corrected chi connectivity index (χ3v) is 5.11. The van der Waals surface area contributed by atoms with Crippen LogP contribution in [0.2, 0.25) is 0 Å². The second-order valence-corrected chi connectivity index (χ2v) is 6.84. The quantitative estimate of drug-likeness (QED) is 0.855. The Hall–Kier alpha value is -1.68. The largest absolute Gasteiger partial charge is 0.320 e. The van der Waals surface area contributed by atoms with Gasteiger partial charge in [0.25, 0.3) is 5.91 Å². The third kappa shape index (κ3) is 3.32. The molecule has 2 aromatic rings. The Morgan fingerprint density at radius 1 is 1.57 bits per heavy atom. The van der Waals surface area contributed by atoms with Gasteiger partial charge in [0.2, 0.25) is 0 Å². The van der Waals surface area contributed by atoms with Crippen LogP contribution in [0.5, 0.6) is 0 Å². The number of aromatic nitrogens is 1. The average molecular weight is 317 g/mol. The normalized spacial score (nSPS) is 13.6. The topological polar surface area (TPSA) is 68.0 Å². The second kappa shape index (κ2) is 5.98. The van der Waals surface area contributed by atoms with Crippen molar-refractivity contribution in [1.29, 1.82) is 0 Å². The maximum atomic E-state index is 12.2. The summed E-state index contributed by atoms with van der Waals surface area (Å²) in [7, 11) is 0. The van der Waals surface area contributed by atoms with Crippen LogP contribution < -0.4 is 11.1 Å². The molecule has 1 saturated carbocycles. The fourth-order valence-corrected chi connectivity index (χ4v) is 3.65. The molecule has 1 fully saturated rings. The molecule has 0 bridgehead atoms. The number of hydrogen-bond acceptors (Lipinski definition) is 5. The van der Waals surface area contributed by atoms with E-state index in [9.17, 15) is 4.79 Å². The lowest BCUT2D eigenvalue weighted by Crippen LogP contribution is -2.09. The number of thiophene rings is 1. The first kappa shape index (κ1) is 14.3. The van der Waals surface area contributed by atoms with Crippen LogP contribution in [-0.2, 0) is 0 Å². The van der Waals surface area contributed by atoms with Crippen LogP contribution >= 0.6 is 22.7 Å². The summed E-state index contributed by atoms with van der Waals surface area (Å²) in [5.74, 6) is 6.29. The van der Waals surface area contributed by atoms with Gasteiger partial charge in [-0.3, -0.25) is 10.1 Å². The smallest absolute Gasteiger partial charge is 0.267 e. The van der Waals surface area contributed by atoms with Gasteiger partial charge in [0.1, 0.15) is 0 Å². The zero-order valence-corrected chi connectivity index (χ0v) is 13.2. The van der Waals surface area contributed by atoms with Crippen LogP contribution in [0.4, 0.5) is 5.13 Å². The molecule has 2 heterocycles. The number of nitrogens with two attached hydrogens (primary N) is 1. The number of thiazole rings is 1. The summed E-state index contributed by atoms with van der Waals surface area (Å²) in [6, 6.07) is 1.86. The van der Waals surface area contributed by atoms with E-state index in [-0.39, 0.29) is 5.91 Å². The number of rotatable bonds is 3. The Bertz CT molecular complexity index is 732. The van der Waals surface area contributed by atoms with Crippen molar-refractivity contribution in [2.75, 3.05) is 11.9 Å². The molecule has 0 aromatic carbocycles. The molecule has 21 heavy (non-hydrogen) atoms. The zero-order chi connectivity index (χ0) is 14.8. The van der Waals surface area contributed by atoms with E-state index in [2.05, 4.69) is 22.1 Å². The van der Waals surface area contributed by atoms with Crippen LogP contribution in [0, 0.1) is 18.8 Å². The van der Waals surface area contributed by atoms with E-state index in [0.717, 1.165) is 16.1 Å². The van der Waals surface area contributed by atoms with Gasteiger partial charge in [0.15, 0.2) is 5.13 Å². The van der Waals surface area contributed by atoms with Crippen LogP contribution in [0.3, 0.4) is 0 Å². The minimum absolute atomic E-state index is 0.124. The summed E-state index contributed by atoms with van der Waals surface area (Å²) in [5, 5.41) is 5.57. The zero-order valence-electron chi connectivity index (χ0n) is 11.6. The highest BCUT2D eigenvalue weighted by atomic mass is 32.1. The van der Waals surface area contributed by atoms with Gasteiger partial charge in [0.05, 0.1) is 22.0 Å². The SMILES string of the molecule is Cc1cc(C(=O)Nc2nc(C3CC3)cs2)sc1C#CCN. The van der Waals surface area contributed by atoms with Crippen LogP contribution in [0.1, 0.15) is 44.6 Å². The lowest BCUT2D eigenvalue weighted by molar-refractivity contribution is 0.103. The van der Waals surface area contributed by atoms with Crippen LogP contribution in [0.25, 0.3) is 0 Å². The molecule has 0 aliphatic heterocycles. The van der Waals surface area contributed by atoms with Gasteiger partial charge < -0.3 is 5.73 Å². The molecule has 1 aliphatic carbocycles. The molecule has 0 atom stereocenters. The fourth-order valence-electron chi connectivity index (χ4n) is 1.92. The summed E-state index contributed by atoms with van der Waals surface area (Å²) in [6.45, 7) is 2.27. The maximum absolute atomic E-state index is 12.2. The Labute approximate surface area is 131 Å². The number of anilines is 1. The first-order valence-corrected chi connectivity index (χ1v) is 8.43. The number of nitrogens with zero attached hydrogens (tertiary/aromatic N) is 1. The molecule has 1 amide bonds. The molecule has 4 nitrogen and oxygen atoms in total. The van der Waals surface area contributed by atoms with Crippen molar-refractivity contribution in [2.45, 2.75) is 25.7 Å². The summed E-state index contributed by atoms with van der Waals surface area (Å²) < 4.78 is 0. The standard InChI is InChI=1S/C15H15N3OS2/c1-9-7-13(21-12(9)3-2-6-16)14(19)18-15-17-11(8-20-15)10-4-5-10/h7-8,10H,4-6,16H2,1H3,(H,17,18,19). The highest BCUT2D eigenvalue weighted by Gasteiger charge is 2.26. The summed E-state index contributed by atoms with van der Waals surface area (Å²) in [4.78, 5) is 18.2. The number of carbonyl (C=O) groups excluding carboxylic acids is 1. The van der Waals surface area contributed by atoms with Gasteiger partial charge in [-0.05, 0) is 31.4 Å². The molecule has 0 saturated heterocycles. The van der Waals surface area contributed by atoms with E-state index < -0.39 is 0 Å². The Morgan fingerprint density at radius 2 is 2.38 bits per heavy atom. The molecule has 3 rings (SSSR count). The number of hydrogen-bond donors (Lipinski definition) is 2. The number of nitrogens with one attached hydrogen (secondary N) is 1. The van der Waals surface area contributed by atoms with Crippen molar-refractivity contribution in [1.82, 2.24) is 4.98 Å². The van der Waals surface area contributed by atoms with Crippen molar-refractivity contribution in [3.63, 3.8) is 0 Å². The minimum atomic E-state index is -0.124. The van der Waals surface area contributed by atoms with Crippen LogP contribution in [0.15, 0.2) is 11.4 Å². The van der Waals surface area contributed by atoms with Gasteiger partial charge >= 0.3 is 0 Å². The monoisotopic (exact) mass is 317 g/mol. The predicted octanol–water partition coefficient (Wildman–Crippen LogP) is 2.95. The summed E-state index contributed by atoms with van der Waals surface area (Å²) in [5.41, 5.74) is 7.48. The molecule has 0 radical (unpaired) electrons. The maximum Gasteiger partial charge on any atom is 0.267 e. The average Bonchev–Trinajstić information content (AvgIpc) is 3.11. The third-order valence-electron chi connectivity index (χ3n) is 3.18. The number of carbonyl (C=O) groups is 1. The van der Waals surface area contributed by atoms with Gasteiger partial charge in [-0.15, -0.1) is 22.7 Å². The van der Waals surface area contributed by atoms with Crippen molar-refractivity contribution in [3.8, 4) is 11.8 Å². The lowest BCUT2D eigenvalue weighted by Gasteiger charge is -1.97. The first-order chi connectivity index (χ1) is 10.2. The highest BCUT2D eigenvalue weighted by molar-refractivity contribution is 7.15. The fraction of sp³-hybridized carbons (Fsp3) is 0.333. The van der Waals surface area contributed by atoms with E-state index in [4.69, 9.17) is 5.73 Å². The van der Waals surface area contributed by atoms with E-state index >= 15 is 0 Å². The van der Waals surface area contributed by atoms with Gasteiger partial charge in [-0.25, -0.2) is 4.98 Å². The predicted molar refractivity (Wildman–Crippen MR) is 87.0 cm³/mol. The van der Waals surface area contributed by atoms with Gasteiger partial charge in [0, 0.05) is 11.3 Å². The Morgan fingerprint density at radius 3 is 3.10 bits per heavy atom. The van der Waals surface area contributed by atoms with Gasteiger partial charge in [-0.1, -0.05) is 11.8 Å². The molecule has 0 spiro atoms. The first-order valence-electron chi connectivity index (χ1n) is 6.73. The minimum Gasteiger partial charge on any atom is -0.320 e. The van der Waals surface area contributed by atoms with E-state index in [1.807, 2.05) is 18.4 Å². The Balaban J connectivity index is 1.72. The van der Waals surface area contributed by atoms with E-state index in [0.29, 0.717) is 22.5 Å². The number of amides is 1. The van der Waals surface area contributed by atoms with Crippen molar-refractivity contribution >= 4 is 33.7 Å². The van der Waals surface area contributed by atoms with Crippen molar-refractivity contribution in [2.24, 2.45) is 5.73 Å². The second-order valence-electron chi connectivity index (χ2n) is 4.93. The summed E-state index contributed by atoms with van der Waals surface area (Å²) >= 11 is 2.87. The molecule has 6 heteroatoms.